The number of benzene rings is 2. The molecule has 0 unspecified atom stereocenters. The maximum Gasteiger partial charge on any atom is 0.319 e. The van der Waals surface area contributed by atoms with Crippen molar-refractivity contribution < 1.29 is 31.1 Å². The van der Waals surface area contributed by atoms with Crippen molar-refractivity contribution in [2.45, 2.75) is 43.2 Å². The third-order valence-electron chi connectivity index (χ3n) is 9.44. The van der Waals surface area contributed by atoms with Gasteiger partial charge in [0.15, 0.2) is 5.82 Å². The molecule has 5 atom stereocenters. The maximum absolute atomic E-state index is 16.9. The number of rotatable bonds is 5. The van der Waals surface area contributed by atoms with Crippen LogP contribution in [0.4, 0.5) is 29.1 Å². The third kappa shape index (κ3) is 4.47. The molecule has 232 valence electrons. The predicted octanol–water partition coefficient (Wildman–Crippen LogP) is 4.82. The number of halogens is 4. The molecule has 45 heavy (non-hydrogen) atoms. The van der Waals surface area contributed by atoms with E-state index in [4.69, 9.17) is 25.7 Å². The van der Waals surface area contributed by atoms with Crippen LogP contribution in [0.25, 0.3) is 32.9 Å². The number of nitrogen functional groups attached to an aromatic ring is 1. The number of aromatic nitrogens is 3. The van der Waals surface area contributed by atoms with Crippen molar-refractivity contribution in [2.24, 2.45) is 5.92 Å². The smallest absolute Gasteiger partial charge is 0.319 e. The van der Waals surface area contributed by atoms with Gasteiger partial charge < -0.3 is 20.1 Å². The van der Waals surface area contributed by atoms with Crippen LogP contribution < -0.4 is 15.4 Å². The van der Waals surface area contributed by atoms with E-state index in [1.807, 2.05) is 0 Å². The minimum Gasteiger partial charge on any atom is -0.461 e. The summed E-state index contributed by atoms with van der Waals surface area (Å²) in [5.41, 5.74) is 4.21. The van der Waals surface area contributed by atoms with Gasteiger partial charge >= 0.3 is 6.01 Å². The maximum atomic E-state index is 16.9. The van der Waals surface area contributed by atoms with Crippen LogP contribution >= 0.6 is 0 Å². The van der Waals surface area contributed by atoms with Crippen LogP contribution in [-0.4, -0.2) is 83.2 Å². The normalized spacial score (nSPS) is 29.0. The SMILES string of the molecule is [2H]c1cc2cc(N)cc(-c3ncc4c(N5CCOC[C@H]6[C@H](F)[C@H]65)nc(OC([2H])([2H])[C@@]56CCCN5C[C@H](F)C6)nc4c3F)c2c(C#C)c1F. The van der Waals surface area contributed by atoms with Gasteiger partial charge in [0.2, 0.25) is 0 Å². The van der Waals surface area contributed by atoms with Crippen molar-refractivity contribution in [2.75, 3.05) is 50.0 Å². The fourth-order valence-electron chi connectivity index (χ4n) is 7.29. The van der Waals surface area contributed by atoms with Gasteiger partial charge in [-0.1, -0.05) is 12.0 Å². The van der Waals surface area contributed by atoms with Crippen molar-refractivity contribution in [3.05, 3.63) is 47.6 Å². The van der Waals surface area contributed by atoms with Gasteiger partial charge in [0.25, 0.3) is 0 Å². The minimum absolute atomic E-state index is 0.0453. The highest BCUT2D eigenvalue weighted by molar-refractivity contribution is 6.03. The molecule has 12 heteroatoms. The number of fused-ring (bicyclic) bond motifs is 4. The van der Waals surface area contributed by atoms with Gasteiger partial charge in [0.05, 0.1) is 39.9 Å². The zero-order chi connectivity index (χ0) is 33.7. The van der Waals surface area contributed by atoms with Gasteiger partial charge in [-0.05, 0) is 42.9 Å². The second-order valence-corrected chi connectivity index (χ2v) is 12.1. The molecule has 3 saturated heterocycles. The Morgan fingerprint density at radius 3 is 2.98 bits per heavy atom. The Kier molecular flexibility index (Phi) is 5.80. The molecule has 0 radical (unpaired) electrons. The molecule has 4 aromatic rings. The largest absolute Gasteiger partial charge is 0.461 e. The number of terminal acetylenes is 1. The zero-order valence-electron chi connectivity index (χ0n) is 27.0. The number of hydrogen-bond donors (Lipinski definition) is 1. The molecule has 2 N–H and O–H groups in total. The van der Waals surface area contributed by atoms with Crippen LogP contribution in [0.5, 0.6) is 6.01 Å². The highest BCUT2D eigenvalue weighted by Gasteiger charge is 2.56. The van der Waals surface area contributed by atoms with E-state index in [2.05, 4.69) is 20.9 Å². The summed E-state index contributed by atoms with van der Waals surface area (Å²) < 4.78 is 99.1. The molecule has 2 aromatic heterocycles. The highest BCUT2D eigenvalue weighted by atomic mass is 19.1. The van der Waals surface area contributed by atoms with Crippen LogP contribution in [0.15, 0.2) is 30.4 Å². The van der Waals surface area contributed by atoms with Gasteiger partial charge in [-0.3, -0.25) is 9.88 Å². The average molecular weight is 622 g/mol. The summed E-state index contributed by atoms with van der Waals surface area (Å²) in [7, 11) is 0. The molecule has 0 spiro atoms. The first kappa shape index (κ1) is 25.0. The quantitative estimate of drug-likeness (QED) is 0.193. The number of pyridine rings is 1. The molecule has 3 aliphatic heterocycles. The number of alkyl halides is 2. The van der Waals surface area contributed by atoms with E-state index >= 15 is 8.78 Å². The molecule has 8 rings (SSSR count). The van der Waals surface area contributed by atoms with Crippen molar-refractivity contribution in [3.63, 3.8) is 0 Å². The van der Waals surface area contributed by atoms with Crippen LogP contribution in [0.1, 0.15) is 28.9 Å². The first-order valence-corrected chi connectivity index (χ1v) is 14.9. The summed E-state index contributed by atoms with van der Waals surface area (Å²) in [6.45, 7) is -1.27. The monoisotopic (exact) mass is 621 g/mol. The van der Waals surface area contributed by atoms with Crippen LogP contribution in [0.2, 0.25) is 0 Å². The van der Waals surface area contributed by atoms with E-state index in [0.717, 1.165) is 0 Å². The number of ether oxygens (including phenoxy) is 2. The summed E-state index contributed by atoms with van der Waals surface area (Å²) in [5, 5.41) is 0.508. The van der Waals surface area contributed by atoms with Crippen LogP contribution in [0, 0.1) is 29.9 Å². The molecule has 2 aromatic carbocycles. The van der Waals surface area contributed by atoms with Gasteiger partial charge in [0, 0.05) is 48.3 Å². The summed E-state index contributed by atoms with van der Waals surface area (Å²) in [4.78, 5) is 16.6. The van der Waals surface area contributed by atoms with E-state index in [1.54, 1.807) is 9.80 Å². The lowest BCUT2D eigenvalue weighted by Gasteiger charge is -2.31. The summed E-state index contributed by atoms with van der Waals surface area (Å²) in [6, 6.07) is 2.50. The molecule has 0 bridgehead atoms. The molecule has 5 heterocycles. The van der Waals surface area contributed by atoms with E-state index in [1.165, 1.54) is 24.4 Å². The Labute approximate surface area is 260 Å². The minimum atomic E-state index is -2.48. The van der Waals surface area contributed by atoms with Crippen molar-refractivity contribution in [1.29, 1.82) is 0 Å². The zero-order valence-corrected chi connectivity index (χ0v) is 24.0. The summed E-state index contributed by atoms with van der Waals surface area (Å²) in [5.74, 6) is -0.0594. The molecule has 4 aliphatic rings. The Bertz CT molecular complexity index is 2050. The van der Waals surface area contributed by atoms with Gasteiger partial charge in [-0.15, -0.1) is 6.42 Å². The lowest BCUT2D eigenvalue weighted by Crippen LogP contribution is -2.43. The topological polar surface area (TPSA) is 89.6 Å². The second kappa shape index (κ2) is 10.4. The summed E-state index contributed by atoms with van der Waals surface area (Å²) >= 11 is 0. The number of nitrogens with two attached hydrogens (primary N) is 1. The van der Waals surface area contributed by atoms with Gasteiger partial charge in [-0.2, -0.15) is 9.97 Å². The first-order chi connectivity index (χ1) is 22.9. The average Bonchev–Trinajstić information content (AvgIpc) is 3.39. The Hall–Kier alpha value is -4.21. The van der Waals surface area contributed by atoms with E-state index in [9.17, 15) is 8.78 Å². The molecular weight excluding hydrogens is 588 g/mol. The Morgan fingerprint density at radius 1 is 1.27 bits per heavy atom. The van der Waals surface area contributed by atoms with Crippen molar-refractivity contribution >= 4 is 33.2 Å². The molecule has 8 nitrogen and oxygen atoms in total. The molecule has 0 amide bonds. The molecule has 1 saturated carbocycles. The fourth-order valence-corrected chi connectivity index (χ4v) is 7.29. The van der Waals surface area contributed by atoms with E-state index in [0.29, 0.717) is 24.8 Å². The van der Waals surface area contributed by atoms with E-state index in [-0.39, 0.29) is 77.3 Å². The lowest BCUT2D eigenvalue weighted by molar-refractivity contribution is 0.107. The number of hydrogen-bond acceptors (Lipinski definition) is 8. The van der Waals surface area contributed by atoms with Gasteiger partial charge in [0.1, 0.15) is 41.7 Å². The lowest BCUT2D eigenvalue weighted by atomic mass is 9.95. The molecular formula is C33H30F4N6O2. The number of anilines is 2. The predicted molar refractivity (Wildman–Crippen MR) is 161 cm³/mol. The highest BCUT2D eigenvalue weighted by Crippen LogP contribution is 2.46. The Balaban J connectivity index is 1.33. The molecule has 4 fully saturated rings. The number of nitrogens with zero attached hydrogens (tertiary/aromatic N) is 5. The second-order valence-electron chi connectivity index (χ2n) is 12.1. The molecule has 1 aliphatic carbocycles. The fraction of sp³-hybridized carbons (Fsp3) is 0.424. The van der Waals surface area contributed by atoms with Crippen LogP contribution in [0.3, 0.4) is 0 Å². The Morgan fingerprint density at radius 2 is 2.13 bits per heavy atom. The standard InChI is InChI=1S/C33H30F4N6O2/c1-2-20-24(35)5-4-17-10-19(38)11-21(25(17)20)28-27(37)29-22(13-39-28)31(43-8-9-44-15-23-26(36)30(23)43)41-32(40-29)45-16-33-6-3-7-42(33)14-18(34)12-33/h1,4-5,10-11,13,18,23,26,30H,3,6-9,12,14-16,38H2/t18-,23+,26+,30+,33+/m1/s1/i5D,16D2. The van der Waals surface area contributed by atoms with E-state index < -0.39 is 60.1 Å². The van der Waals surface area contributed by atoms with Crippen molar-refractivity contribution in [1.82, 2.24) is 19.9 Å². The van der Waals surface area contributed by atoms with Crippen LogP contribution in [-0.2, 0) is 4.74 Å². The summed E-state index contributed by atoms with van der Waals surface area (Å²) in [6.07, 6.45) is 5.39. The van der Waals surface area contributed by atoms with Gasteiger partial charge in [-0.25, -0.2) is 17.6 Å². The van der Waals surface area contributed by atoms with Crippen molar-refractivity contribution in [3.8, 4) is 29.6 Å². The third-order valence-corrected chi connectivity index (χ3v) is 9.44. The first-order valence-electron chi connectivity index (χ1n) is 16.4.